The zero-order chi connectivity index (χ0) is 16.5. The van der Waals surface area contributed by atoms with E-state index >= 15 is 0 Å². The number of hydrogen-bond donors (Lipinski definition) is 2. The molecule has 0 bridgehead atoms. The van der Waals surface area contributed by atoms with E-state index in [0.29, 0.717) is 0 Å². The van der Waals surface area contributed by atoms with Crippen LogP contribution in [0.4, 0.5) is 13.2 Å². The Bertz CT molecular complexity index is 713. The molecule has 2 N–H and O–H groups in total. The molecule has 2 aromatic carbocycles. The fraction of sp³-hybridized carbons (Fsp3) is 0.133. The lowest BCUT2D eigenvalue weighted by Gasteiger charge is -2.13. The fourth-order valence-electron chi connectivity index (χ4n) is 1.98. The molecule has 0 aliphatic carbocycles. The molecule has 0 spiro atoms. The highest BCUT2D eigenvalue weighted by Crippen LogP contribution is 2.37. The van der Waals surface area contributed by atoms with Gasteiger partial charge in [0.25, 0.3) is 0 Å². The van der Waals surface area contributed by atoms with Crippen molar-refractivity contribution in [3.05, 3.63) is 58.6 Å². The third-order valence-electron chi connectivity index (χ3n) is 3.06. The molecule has 0 saturated carbocycles. The van der Waals surface area contributed by atoms with Crippen molar-refractivity contribution in [3.8, 4) is 11.1 Å². The Morgan fingerprint density at radius 3 is 2.36 bits per heavy atom. The van der Waals surface area contributed by atoms with E-state index in [9.17, 15) is 23.1 Å². The van der Waals surface area contributed by atoms with Gasteiger partial charge in [-0.3, -0.25) is 0 Å². The average molecular weight is 331 g/mol. The number of aliphatic hydroxyl groups is 1. The van der Waals surface area contributed by atoms with Gasteiger partial charge in [-0.25, -0.2) is 4.79 Å². The van der Waals surface area contributed by atoms with Crippen LogP contribution in [0.15, 0.2) is 42.5 Å². The maximum absolute atomic E-state index is 12.7. The highest BCUT2D eigenvalue weighted by Gasteiger charge is 2.30. The van der Waals surface area contributed by atoms with E-state index in [1.54, 1.807) is 0 Å². The lowest BCUT2D eigenvalue weighted by Crippen LogP contribution is -2.11. The number of halogens is 4. The van der Waals surface area contributed by atoms with Gasteiger partial charge in [0, 0.05) is 11.1 Å². The van der Waals surface area contributed by atoms with Gasteiger partial charge in [-0.1, -0.05) is 41.9 Å². The number of benzene rings is 2. The molecule has 1 atom stereocenters. The van der Waals surface area contributed by atoms with Gasteiger partial charge in [0.15, 0.2) is 6.10 Å². The second kappa shape index (κ2) is 5.98. The number of carboxylic acid groups (broad SMARTS) is 1. The van der Waals surface area contributed by atoms with Crippen molar-refractivity contribution in [1.29, 1.82) is 0 Å². The van der Waals surface area contributed by atoms with Crippen LogP contribution in [-0.2, 0) is 11.0 Å². The van der Waals surface area contributed by atoms with Crippen molar-refractivity contribution in [3.63, 3.8) is 0 Å². The molecule has 0 radical (unpaired) electrons. The van der Waals surface area contributed by atoms with Crippen LogP contribution in [0.1, 0.15) is 17.2 Å². The number of rotatable bonds is 3. The third-order valence-corrected chi connectivity index (χ3v) is 3.48. The molecule has 1 unspecified atom stereocenters. The number of alkyl halides is 3. The molecule has 0 aliphatic heterocycles. The molecule has 22 heavy (non-hydrogen) atoms. The summed E-state index contributed by atoms with van der Waals surface area (Å²) in [6.45, 7) is 0. The van der Waals surface area contributed by atoms with Gasteiger partial charge in [-0.05, 0) is 17.7 Å². The SMILES string of the molecule is O=C(O)C(O)c1cccc(-c2cccc(C(F)(F)F)c2)c1Cl. The van der Waals surface area contributed by atoms with Crippen LogP contribution in [0.2, 0.25) is 5.02 Å². The summed E-state index contributed by atoms with van der Waals surface area (Å²) in [5.74, 6) is -1.50. The Kier molecular flexibility index (Phi) is 4.44. The zero-order valence-electron chi connectivity index (χ0n) is 10.9. The first-order valence-electron chi connectivity index (χ1n) is 6.08. The van der Waals surface area contributed by atoms with Crippen LogP contribution < -0.4 is 0 Å². The first-order chi connectivity index (χ1) is 10.2. The predicted octanol–water partition coefficient (Wildman–Crippen LogP) is 4.14. The number of carbonyl (C=O) groups is 1. The second-order valence-corrected chi connectivity index (χ2v) is 4.91. The van der Waals surface area contributed by atoms with Crippen LogP contribution in [0.5, 0.6) is 0 Å². The summed E-state index contributed by atoms with van der Waals surface area (Å²) in [6, 6.07) is 8.67. The first kappa shape index (κ1) is 16.3. The minimum Gasteiger partial charge on any atom is -0.479 e. The predicted molar refractivity (Wildman–Crippen MR) is 74.5 cm³/mol. The Hall–Kier alpha value is -2.05. The first-order valence-corrected chi connectivity index (χ1v) is 6.46. The summed E-state index contributed by atoms with van der Waals surface area (Å²) < 4.78 is 38.2. The molecule has 3 nitrogen and oxygen atoms in total. The molecule has 0 heterocycles. The van der Waals surface area contributed by atoms with Gasteiger partial charge in [-0.15, -0.1) is 0 Å². The van der Waals surface area contributed by atoms with E-state index in [-0.39, 0.29) is 21.7 Å². The van der Waals surface area contributed by atoms with Crippen LogP contribution >= 0.6 is 11.6 Å². The van der Waals surface area contributed by atoms with Gasteiger partial charge >= 0.3 is 12.1 Å². The molecule has 7 heteroatoms. The Morgan fingerprint density at radius 1 is 1.14 bits per heavy atom. The largest absolute Gasteiger partial charge is 0.479 e. The third kappa shape index (κ3) is 3.23. The van der Waals surface area contributed by atoms with Crippen molar-refractivity contribution in [2.75, 3.05) is 0 Å². The maximum Gasteiger partial charge on any atom is 0.416 e. The zero-order valence-corrected chi connectivity index (χ0v) is 11.7. The Balaban J connectivity index is 2.55. The van der Waals surface area contributed by atoms with Gasteiger partial charge in [0.2, 0.25) is 0 Å². The summed E-state index contributed by atoms with van der Waals surface area (Å²) in [5, 5.41) is 18.3. The summed E-state index contributed by atoms with van der Waals surface area (Å²) in [4.78, 5) is 10.8. The summed E-state index contributed by atoms with van der Waals surface area (Å²) in [7, 11) is 0. The topological polar surface area (TPSA) is 57.5 Å². The standard InChI is InChI=1S/C15H10ClF3O3/c16-12-10(5-2-6-11(12)13(20)14(21)22)8-3-1-4-9(7-8)15(17,18)19/h1-7,13,20H,(H,21,22). The lowest BCUT2D eigenvalue weighted by atomic mass is 9.99. The Morgan fingerprint density at radius 2 is 1.77 bits per heavy atom. The van der Waals surface area contributed by atoms with Crippen molar-refractivity contribution in [2.24, 2.45) is 0 Å². The van der Waals surface area contributed by atoms with E-state index in [1.807, 2.05) is 0 Å². The molecular formula is C15H10ClF3O3. The molecular weight excluding hydrogens is 321 g/mol. The summed E-state index contributed by atoms with van der Waals surface area (Å²) in [6.07, 6.45) is -6.35. The Labute approximate surface area is 128 Å². The van der Waals surface area contributed by atoms with Crippen molar-refractivity contribution >= 4 is 17.6 Å². The average Bonchev–Trinajstić information content (AvgIpc) is 2.46. The summed E-state index contributed by atoms with van der Waals surface area (Å²) in [5.41, 5.74) is -0.529. The number of aliphatic carboxylic acids is 1. The van der Waals surface area contributed by atoms with E-state index < -0.39 is 23.8 Å². The monoisotopic (exact) mass is 330 g/mol. The van der Waals surface area contributed by atoms with E-state index in [4.69, 9.17) is 16.7 Å². The molecule has 116 valence electrons. The van der Waals surface area contributed by atoms with Crippen molar-refractivity contribution in [1.82, 2.24) is 0 Å². The number of carboxylic acids is 1. The minimum atomic E-state index is -4.50. The fourth-order valence-corrected chi connectivity index (χ4v) is 2.32. The van der Waals surface area contributed by atoms with Crippen LogP contribution in [0.3, 0.4) is 0 Å². The smallest absolute Gasteiger partial charge is 0.416 e. The highest BCUT2D eigenvalue weighted by atomic mass is 35.5. The van der Waals surface area contributed by atoms with E-state index in [0.717, 1.165) is 12.1 Å². The van der Waals surface area contributed by atoms with Gasteiger partial charge in [-0.2, -0.15) is 13.2 Å². The second-order valence-electron chi connectivity index (χ2n) is 4.53. The van der Waals surface area contributed by atoms with Crippen LogP contribution in [0.25, 0.3) is 11.1 Å². The maximum atomic E-state index is 12.7. The molecule has 0 aliphatic rings. The number of hydrogen-bond acceptors (Lipinski definition) is 2. The van der Waals surface area contributed by atoms with Crippen molar-refractivity contribution < 1.29 is 28.2 Å². The minimum absolute atomic E-state index is 0.0796. The van der Waals surface area contributed by atoms with Gasteiger partial charge < -0.3 is 10.2 Å². The molecule has 0 fully saturated rings. The summed E-state index contributed by atoms with van der Waals surface area (Å²) >= 11 is 6.04. The quantitative estimate of drug-likeness (QED) is 0.889. The molecule has 2 rings (SSSR count). The van der Waals surface area contributed by atoms with E-state index in [2.05, 4.69) is 0 Å². The molecule has 0 saturated heterocycles. The molecule has 2 aromatic rings. The van der Waals surface area contributed by atoms with Crippen molar-refractivity contribution in [2.45, 2.75) is 12.3 Å². The van der Waals surface area contributed by atoms with Gasteiger partial charge in [0.05, 0.1) is 10.6 Å². The molecule has 0 amide bonds. The van der Waals surface area contributed by atoms with E-state index in [1.165, 1.54) is 30.3 Å². The van der Waals surface area contributed by atoms with Gasteiger partial charge in [0.1, 0.15) is 0 Å². The normalized spacial score (nSPS) is 13.0. The van der Waals surface area contributed by atoms with Crippen LogP contribution in [-0.4, -0.2) is 16.2 Å². The molecule has 0 aromatic heterocycles. The lowest BCUT2D eigenvalue weighted by molar-refractivity contribution is -0.147. The van der Waals surface area contributed by atoms with Crippen LogP contribution in [0, 0.1) is 0 Å². The highest BCUT2D eigenvalue weighted by molar-refractivity contribution is 6.34. The number of aliphatic hydroxyl groups excluding tert-OH is 1.